The van der Waals surface area contributed by atoms with E-state index in [2.05, 4.69) is 34.3 Å². The summed E-state index contributed by atoms with van der Waals surface area (Å²) in [7, 11) is 0. The smallest absolute Gasteiger partial charge is 0.188 e. The fraction of sp³-hybridized carbons (Fsp3) is 0.500. The minimum atomic E-state index is 0.100. The lowest BCUT2D eigenvalue weighted by molar-refractivity contribution is -0.112. The fourth-order valence-corrected chi connectivity index (χ4v) is 2.15. The summed E-state index contributed by atoms with van der Waals surface area (Å²) in [6, 6.07) is 0. The van der Waals surface area contributed by atoms with E-state index in [-0.39, 0.29) is 5.78 Å². The van der Waals surface area contributed by atoms with Crippen molar-refractivity contribution in [3.63, 3.8) is 0 Å². The minimum absolute atomic E-state index is 0.100. The molecule has 15 heavy (non-hydrogen) atoms. The lowest BCUT2D eigenvalue weighted by Crippen LogP contribution is -2.17. The third-order valence-electron chi connectivity index (χ3n) is 2.88. The average molecular weight is 204 g/mol. The molecule has 1 aliphatic carbocycles. The van der Waals surface area contributed by atoms with Crippen molar-refractivity contribution in [2.45, 2.75) is 34.6 Å². The highest BCUT2D eigenvalue weighted by molar-refractivity contribution is 6.11. The Bertz CT molecular complexity index is 365. The Hall–Kier alpha value is -1.11. The average Bonchev–Trinajstić information content (AvgIpc) is 2.12. The molecule has 1 aliphatic rings. The summed E-state index contributed by atoms with van der Waals surface area (Å²) < 4.78 is 0. The van der Waals surface area contributed by atoms with Crippen molar-refractivity contribution in [1.29, 1.82) is 0 Å². The van der Waals surface area contributed by atoms with Crippen LogP contribution in [-0.2, 0) is 4.79 Å². The molecule has 0 fully saturated rings. The molecular formula is C14H20O. The van der Waals surface area contributed by atoms with Gasteiger partial charge < -0.3 is 0 Å². The number of hydrogen-bond acceptors (Lipinski definition) is 1. The van der Waals surface area contributed by atoms with Crippen LogP contribution in [0.15, 0.2) is 34.9 Å². The van der Waals surface area contributed by atoms with Crippen molar-refractivity contribution in [3.8, 4) is 0 Å². The molecule has 0 aromatic carbocycles. The van der Waals surface area contributed by atoms with Crippen LogP contribution in [0.5, 0.6) is 0 Å². The molecule has 0 saturated carbocycles. The molecule has 82 valence electrons. The minimum Gasteiger partial charge on any atom is -0.289 e. The Balaban J connectivity index is 3.32. The third kappa shape index (κ3) is 2.11. The van der Waals surface area contributed by atoms with Crippen LogP contribution in [0.25, 0.3) is 0 Å². The van der Waals surface area contributed by atoms with Gasteiger partial charge in [-0.15, -0.1) is 0 Å². The summed E-state index contributed by atoms with van der Waals surface area (Å²) >= 11 is 0. The molecule has 1 heteroatoms. The number of allylic oxidation sites excluding steroid dienone is 5. The second-order valence-electron chi connectivity index (χ2n) is 4.80. The first kappa shape index (κ1) is 12.0. The third-order valence-corrected chi connectivity index (χ3v) is 2.88. The molecular weight excluding hydrogens is 184 g/mol. The van der Waals surface area contributed by atoms with Crippen LogP contribution in [0, 0.1) is 11.8 Å². The van der Waals surface area contributed by atoms with Gasteiger partial charge in [0.05, 0.1) is 0 Å². The van der Waals surface area contributed by atoms with Gasteiger partial charge in [0.25, 0.3) is 0 Å². The standard InChI is InChI=1S/C14H20O/c1-8(2)12-7-10(5)14(15)11(6)13(12)9(3)4/h7-9H,5H2,1-4,6H3. The van der Waals surface area contributed by atoms with E-state index < -0.39 is 0 Å². The molecule has 0 spiro atoms. The van der Waals surface area contributed by atoms with E-state index in [1.54, 1.807) is 0 Å². The summed E-state index contributed by atoms with van der Waals surface area (Å²) in [4.78, 5) is 11.8. The van der Waals surface area contributed by atoms with Crippen LogP contribution in [0.2, 0.25) is 0 Å². The molecule has 0 aromatic heterocycles. The number of carbonyl (C=O) groups excluding carboxylic acids is 1. The molecule has 0 aromatic rings. The lowest BCUT2D eigenvalue weighted by Gasteiger charge is -2.25. The maximum absolute atomic E-state index is 11.8. The van der Waals surface area contributed by atoms with Gasteiger partial charge in [0.15, 0.2) is 5.78 Å². The second-order valence-corrected chi connectivity index (χ2v) is 4.80. The topological polar surface area (TPSA) is 17.1 Å². The van der Waals surface area contributed by atoms with Gasteiger partial charge in [-0.3, -0.25) is 4.79 Å². The van der Waals surface area contributed by atoms with Crippen LogP contribution in [0.3, 0.4) is 0 Å². The number of rotatable bonds is 2. The zero-order valence-corrected chi connectivity index (χ0v) is 10.3. The van der Waals surface area contributed by atoms with E-state index in [9.17, 15) is 4.79 Å². The predicted octanol–water partition coefficient (Wildman–Crippen LogP) is 3.68. The van der Waals surface area contributed by atoms with Crippen LogP contribution < -0.4 is 0 Å². The molecule has 0 aliphatic heterocycles. The van der Waals surface area contributed by atoms with Gasteiger partial charge in [0, 0.05) is 11.1 Å². The van der Waals surface area contributed by atoms with Crippen LogP contribution in [0.4, 0.5) is 0 Å². The molecule has 0 unspecified atom stereocenters. The fourth-order valence-electron chi connectivity index (χ4n) is 2.15. The molecule has 1 nitrogen and oxygen atoms in total. The molecule has 0 amide bonds. The normalized spacial score (nSPS) is 17.9. The Labute approximate surface area is 92.6 Å². The van der Waals surface area contributed by atoms with Crippen molar-refractivity contribution in [3.05, 3.63) is 34.9 Å². The Morgan fingerprint density at radius 1 is 1.13 bits per heavy atom. The number of Topliss-reactive ketones (excluding diaryl/α,β-unsaturated/α-hetero) is 1. The maximum atomic E-state index is 11.8. The van der Waals surface area contributed by atoms with Crippen molar-refractivity contribution < 1.29 is 4.79 Å². The summed E-state index contributed by atoms with van der Waals surface area (Å²) in [5.74, 6) is 0.945. The van der Waals surface area contributed by atoms with E-state index in [0.29, 0.717) is 17.4 Å². The maximum Gasteiger partial charge on any atom is 0.188 e. The molecule has 0 heterocycles. The van der Waals surface area contributed by atoms with Crippen LogP contribution >= 0.6 is 0 Å². The van der Waals surface area contributed by atoms with Gasteiger partial charge in [-0.25, -0.2) is 0 Å². The predicted molar refractivity (Wildman–Crippen MR) is 64.6 cm³/mol. The zero-order chi connectivity index (χ0) is 11.7. The van der Waals surface area contributed by atoms with Gasteiger partial charge in [0.2, 0.25) is 0 Å². The van der Waals surface area contributed by atoms with Gasteiger partial charge in [-0.05, 0) is 36.0 Å². The number of carbonyl (C=O) groups is 1. The summed E-state index contributed by atoms with van der Waals surface area (Å²) in [5.41, 5.74) is 3.98. The summed E-state index contributed by atoms with van der Waals surface area (Å²) in [5, 5.41) is 0. The van der Waals surface area contributed by atoms with Crippen molar-refractivity contribution in [2.75, 3.05) is 0 Å². The molecule has 0 saturated heterocycles. The van der Waals surface area contributed by atoms with E-state index in [1.807, 2.05) is 13.0 Å². The highest BCUT2D eigenvalue weighted by Gasteiger charge is 2.24. The van der Waals surface area contributed by atoms with E-state index in [1.165, 1.54) is 11.1 Å². The van der Waals surface area contributed by atoms with Crippen LogP contribution in [-0.4, -0.2) is 5.78 Å². The van der Waals surface area contributed by atoms with Crippen molar-refractivity contribution >= 4 is 5.78 Å². The first-order valence-corrected chi connectivity index (χ1v) is 5.52. The highest BCUT2D eigenvalue weighted by Crippen LogP contribution is 2.34. The molecule has 0 radical (unpaired) electrons. The van der Waals surface area contributed by atoms with E-state index >= 15 is 0 Å². The first-order valence-electron chi connectivity index (χ1n) is 5.52. The summed E-state index contributed by atoms with van der Waals surface area (Å²) in [6.07, 6.45) is 1.95. The van der Waals surface area contributed by atoms with E-state index in [4.69, 9.17) is 0 Å². The first-order chi connectivity index (χ1) is 6.86. The number of hydrogen-bond donors (Lipinski definition) is 0. The highest BCUT2D eigenvalue weighted by atomic mass is 16.1. The molecule has 1 rings (SSSR count). The SMILES string of the molecule is C=C1C=C(C(C)C)C(C(C)C)=C(C)C1=O. The second kappa shape index (κ2) is 4.18. The largest absolute Gasteiger partial charge is 0.289 e. The Kier molecular flexibility index (Phi) is 3.33. The van der Waals surface area contributed by atoms with E-state index in [0.717, 1.165) is 5.57 Å². The Morgan fingerprint density at radius 3 is 2.07 bits per heavy atom. The van der Waals surface area contributed by atoms with Gasteiger partial charge in [0.1, 0.15) is 0 Å². The zero-order valence-electron chi connectivity index (χ0n) is 10.3. The molecule has 0 atom stereocenters. The Morgan fingerprint density at radius 2 is 1.67 bits per heavy atom. The van der Waals surface area contributed by atoms with Crippen molar-refractivity contribution in [1.82, 2.24) is 0 Å². The number of ketones is 1. The van der Waals surface area contributed by atoms with Gasteiger partial charge >= 0.3 is 0 Å². The van der Waals surface area contributed by atoms with Gasteiger partial charge in [-0.1, -0.05) is 34.3 Å². The monoisotopic (exact) mass is 204 g/mol. The quantitative estimate of drug-likeness (QED) is 0.627. The molecule has 0 bridgehead atoms. The lowest BCUT2D eigenvalue weighted by atomic mass is 9.78. The van der Waals surface area contributed by atoms with Gasteiger partial charge in [-0.2, -0.15) is 0 Å². The van der Waals surface area contributed by atoms with Crippen LogP contribution in [0.1, 0.15) is 34.6 Å². The summed E-state index contributed by atoms with van der Waals surface area (Å²) in [6.45, 7) is 14.3. The van der Waals surface area contributed by atoms with Crippen molar-refractivity contribution in [2.24, 2.45) is 11.8 Å². The molecule has 0 N–H and O–H groups in total.